The van der Waals surface area contributed by atoms with E-state index >= 15 is 0 Å². The van der Waals surface area contributed by atoms with Crippen molar-refractivity contribution in [2.75, 3.05) is 0 Å². The van der Waals surface area contributed by atoms with Gasteiger partial charge < -0.3 is 9.13 Å². The van der Waals surface area contributed by atoms with Crippen molar-refractivity contribution in [2.24, 2.45) is 0 Å². The number of aromatic nitrogens is 2. The summed E-state index contributed by atoms with van der Waals surface area (Å²) in [5.74, 6) is 0. The van der Waals surface area contributed by atoms with Gasteiger partial charge in [-0.15, -0.1) is 0 Å². The largest absolute Gasteiger partial charge is 0.309 e. The molecule has 0 radical (unpaired) electrons. The molecule has 0 saturated heterocycles. The van der Waals surface area contributed by atoms with Gasteiger partial charge in [-0.2, -0.15) is 0 Å². The fourth-order valence-corrected chi connectivity index (χ4v) is 5.49. The summed E-state index contributed by atoms with van der Waals surface area (Å²) in [4.78, 5) is 0. The molecule has 8 aromatic carbocycles. The van der Waals surface area contributed by atoms with Crippen molar-refractivity contribution in [2.45, 2.75) is 0 Å². The molecule has 0 aliphatic carbocycles. The lowest BCUT2D eigenvalue weighted by molar-refractivity contribution is 1.18. The Balaban J connectivity index is 1.46. The minimum Gasteiger partial charge on any atom is -0.309 e. The van der Waals surface area contributed by atoms with Crippen molar-refractivity contribution in [3.8, 4) is 22.5 Å². The average Bonchev–Trinajstić information content (AvgIpc) is 3.91. The van der Waals surface area contributed by atoms with E-state index in [0.717, 1.165) is 9.13 Å². The predicted octanol–water partition coefficient (Wildman–Crippen LogP) is 11.9. The van der Waals surface area contributed by atoms with Gasteiger partial charge in [-0.3, -0.25) is 0 Å². The Hall–Kier alpha value is -6.12. The zero-order chi connectivity index (χ0) is 54.6. The summed E-state index contributed by atoms with van der Waals surface area (Å²) in [6, 6.07) is -24.8. The Morgan fingerprint density at radius 3 is 1.39 bits per heavy atom. The molecule has 0 amide bonds. The van der Waals surface area contributed by atoms with Gasteiger partial charge in [-0.1, -0.05) is 115 Å². The molecule has 0 N–H and O–H groups in total. The lowest BCUT2D eigenvalue weighted by Crippen LogP contribution is -1.95. The third kappa shape index (κ3) is 3.71. The van der Waals surface area contributed by atoms with Crippen LogP contribution in [-0.4, -0.2) is 9.13 Å². The van der Waals surface area contributed by atoms with Crippen LogP contribution in [0, 0.1) is 0 Å². The Bertz CT molecular complexity index is 4370. The maximum absolute atomic E-state index is 10.0. The Morgan fingerprint density at radius 2 is 0.761 bits per heavy atom. The maximum Gasteiger partial charge on any atom is 0.0653 e. The van der Waals surface area contributed by atoms with Crippen LogP contribution < -0.4 is 0 Å². The molecule has 0 aliphatic rings. The fourth-order valence-electron chi connectivity index (χ4n) is 5.49. The molecule has 10 aromatic rings. The molecule has 0 unspecified atom stereocenters. The van der Waals surface area contributed by atoms with E-state index in [-0.39, 0.29) is 0 Å². The van der Waals surface area contributed by atoms with E-state index in [9.17, 15) is 16.4 Å². The van der Waals surface area contributed by atoms with Gasteiger partial charge in [-0.25, -0.2) is 0 Å². The Morgan fingerprint density at radius 1 is 0.304 bits per heavy atom. The van der Waals surface area contributed by atoms with Crippen molar-refractivity contribution >= 4 is 65.2 Å². The number of hydrogen-bond donors (Lipinski definition) is 0. The van der Waals surface area contributed by atoms with E-state index in [0.29, 0.717) is 0 Å². The average molecular weight is 613 g/mol. The highest BCUT2D eigenvalue weighted by Crippen LogP contribution is 2.40. The van der Waals surface area contributed by atoms with Crippen molar-refractivity contribution < 1.29 is 38.4 Å². The molecule has 0 fully saturated rings. The van der Waals surface area contributed by atoms with Gasteiger partial charge in [-0.05, 0) is 87.1 Å². The number of benzene rings is 8. The molecule has 0 aliphatic heterocycles. The van der Waals surface area contributed by atoms with E-state index in [4.69, 9.17) is 21.9 Å². The molecule has 2 aromatic heterocycles. The smallest absolute Gasteiger partial charge is 0.0653 e. The van der Waals surface area contributed by atoms with Gasteiger partial charge in [0.15, 0.2) is 0 Å². The lowest BCUT2D eigenvalue weighted by Gasteiger charge is -2.11. The molecular weight excluding hydrogens is 556 g/mol. The molecule has 0 atom stereocenters. The molecule has 0 bridgehead atoms. The van der Waals surface area contributed by atoms with E-state index in [2.05, 4.69) is 0 Å². The van der Waals surface area contributed by atoms with Gasteiger partial charge in [0.2, 0.25) is 0 Å². The molecule has 214 valence electrons. The second kappa shape index (κ2) is 9.69. The van der Waals surface area contributed by atoms with Gasteiger partial charge >= 0.3 is 0 Å². The predicted molar refractivity (Wildman–Crippen MR) is 196 cm³/mol. The minimum atomic E-state index is -1.07. The van der Waals surface area contributed by atoms with Crippen LogP contribution in [0.15, 0.2) is 169 Å². The molecule has 2 nitrogen and oxygen atoms in total. The van der Waals surface area contributed by atoms with Crippen LogP contribution in [0.25, 0.3) is 87.7 Å². The summed E-state index contributed by atoms with van der Waals surface area (Å²) in [7, 11) is 0. The van der Waals surface area contributed by atoms with Crippen LogP contribution in [0.3, 0.4) is 0 Å². The number of rotatable bonds is 3. The van der Waals surface area contributed by atoms with Gasteiger partial charge in [0.05, 0.1) is 60.4 Å². The first-order valence-corrected chi connectivity index (χ1v) is 13.6. The quantitative estimate of drug-likeness (QED) is 0.188. The topological polar surface area (TPSA) is 9.86 Å². The third-order valence-electron chi connectivity index (χ3n) is 7.49. The molecule has 2 heteroatoms. The van der Waals surface area contributed by atoms with Gasteiger partial charge in [0, 0.05) is 32.9 Å². The van der Waals surface area contributed by atoms with Crippen LogP contribution in [0.1, 0.15) is 38.4 Å². The third-order valence-corrected chi connectivity index (χ3v) is 7.49. The van der Waals surface area contributed by atoms with Gasteiger partial charge in [0.1, 0.15) is 0 Å². The monoisotopic (exact) mass is 612 g/mol. The summed E-state index contributed by atoms with van der Waals surface area (Å²) < 4.78 is 252. The van der Waals surface area contributed by atoms with Crippen molar-refractivity contribution in [3.63, 3.8) is 0 Å². The number of fused-ring (bicyclic) bond motifs is 8. The van der Waals surface area contributed by atoms with Crippen molar-refractivity contribution in [1.82, 2.24) is 9.13 Å². The van der Waals surface area contributed by atoms with E-state index in [1.807, 2.05) is 0 Å². The van der Waals surface area contributed by atoms with Crippen molar-refractivity contribution in [1.29, 1.82) is 0 Å². The number of hydrogen-bond acceptors (Lipinski definition) is 0. The summed E-state index contributed by atoms with van der Waals surface area (Å²) in [6.45, 7) is 0. The normalized spacial score (nSPS) is 20.4. The number of nitrogens with zero attached hydrogens (tertiary/aromatic N) is 2. The van der Waals surface area contributed by atoms with Crippen LogP contribution in [0.4, 0.5) is 0 Å². The van der Waals surface area contributed by atoms with E-state index < -0.39 is 257 Å². The first kappa shape index (κ1) is 10.2. The minimum absolute atomic E-state index is 0.528. The zero-order valence-electron chi connectivity index (χ0n) is 50.9. The maximum atomic E-state index is 10.0. The highest BCUT2D eigenvalue weighted by Gasteiger charge is 2.18. The summed E-state index contributed by atoms with van der Waals surface area (Å²) in [6.07, 6.45) is 0. The number of para-hydroxylation sites is 2. The molecule has 2 heterocycles. The molecule has 0 saturated carbocycles. The Labute approximate surface area is 305 Å². The van der Waals surface area contributed by atoms with Crippen molar-refractivity contribution in [3.05, 3.63) is 169 Å². The van der Waals surface area contributed by atoms with E-state index in [1.165, 1.54) is 0 Å². The van der Waals surface area contributed by atoms with Crippen LogP contribution in [-0.2, 0) is 0 Å². The van der Waals surface area contributed by atoms with Crippen LogP contribution >= 0.6 is 0 Å². The lowest BCUT2D eigenvalue weighted by atomic mass is 10.0. The standard InChI is InChI=1S/C44H28N2/c1-3-11-32-25-34(18-17-29(32)9-1)31-19-22-35(23-20-31)45-41-15-7-5-13-37(41)39-28-44-40(27-43(39)45)38-14-6-8-16-42(38)46(44)36-24-21-30-10-2-4-12-33(30)26-36/h1-28H/i1D,2D,3D,4D,5D,6D,7D,8D,9D,10D,11D,12D,13D,14D,15D,16D,17D,18D,19D,20D,21D,22D,23D,24D,25D,26D,27D,28D. The molecule has 46 heavy (non-hydrogen) atoms. The fraction of sp³-hybridized carbons (Fsp3) is 0. The summed E-state index contributed by atoms with van der Waals surface area (Å²) in [5.41, 5.74) is -5.71. The molecule has 10 rings (SSSR count). The Kier molecular flexibility index (Phi) is 2.15. The zero-order valence-corrected chi connectivity index (χ0v) is 22.9. The SMILES string of the molecule is [2H]c1c([2H])c(-n2c3c([2H])c([2H])c([2H])c([2H])c3c3c([2H])c4c(c([2H])c32)c2c([2H])c([2H])c([2H])c([2H])c2n4-c2c([2H])c([2H])c3c([2H])c([2H])c([2H])c([2H])c3c2[2H])c([2H])c([2H])c1-c1c([2H])c([2H])c2c([2H])c([2H])c([2H])c([2H])c2c1[2H]. The summed E-state index contributed by atoms with van der Waals surface area (Å²) >= 11 is 0. The van der Waals surface area contributed by atoms with Crippen LogP contribution in [0.5, 0.6) is 0 Å². The highest BCUT2D eigenvalue weighted by molar-refractivity contribution is 6.19. The molecular formula is C44H28N2. The van der Waals surface area contributed by atoms with Gasteiger partial charge in [0.25, 0.3) is 0 Å². The highest BCUT2D eigenvalue weighted by atomic mass is 15.0. The van der Waals surface area contributed by atoms with Crippen LogP contribution in [0.2, 0.25) is 0 Å². The first-order chi connectivity index (χ1) is 34.5. The first-order valence-electron chi connectivity index (χ1n) is 27.6. The van der Waals surface area contributed by atoms with E-state index in [1.54, 1.807) is 0 Å². The molecule has 0 spiro atoms. The second-order valence-electron chi connectivity index (χ2n) is 10.0. The second-order valence-corrected chi connectivity index (χ2v) is 10.0. The summed E-state index contributed by atoms with van der Waals surface area (Å²) in [5, 5.41) is -4.58.